The Morgan fingerprint density at radius 2 is 1.79 bits per heavy atom. The zero-order valence-electron chi connectivity index (χ0n) is 18.0. The van der Waals surface area contributed by atoms with E-state index in [-0.39, 0.29) is 6.10 Å². The van der Waals surface area contributed by atoms with Gasteiger partial charge in [0.15, 0.2) is 5.96 Å². The summed E-state index contributed by atoms with van der Waals surface area (Å²) in [6.07, 6.45) is 1.05. The molecule has 1 fully saturated rings. The van der Waals surface area contributed by atoms with Gasteiger partial charge in [0, 0.05) is 59.0 Å². The third-order valence-electron chi connectivity index (χ3n) is 5.19. The summed E-state index contributed by atoms with van der Waals surface area (Å²) in [5, 5.41) is 6.79. The van der Waals surface area contributed by atoms with Crippen LogP contribution in [0.3, 0.4) is 0 Å². The highest BCUT2D eigenvalue weighted by atomic mass is 16.5. The Hall–Kier alpha value is -1.63. The Kier molecular flexibility index (Phi) is 10.9. The normalized spacial score (nSPS) is 17.5. The molecule has 28 heavy (non-hydrogen) atoms. The predicted molar refractivity (Wildman–Crippen MR) is 118 cm³/mol. The van der Waals surface area contributed by atoms with Gasteiger partial charge in [-0.3, -0.25) is 9.89 Å². The molecule has 0 spiro atoms. The van der Waals surface area contributed by atoms with Crippen LogP contribution < -0.4 is 10.6 Å². The van der Waals surface area contributed by atoms with Gasteiger partial charge in [-0.1, -0.05) is 37.3 Å². The summed E-state index contributed by atoms with van der Waals surface area (Å²) >= 11 is 0. The smallest absolute Gasteiger partial charge is 0.191 e. The van der Waals surface area contributed by atoms with Gasteiger partial charge in [0.1, 0.15) is 0 Å². The van der Waals surface area contributed by atoms with Crippen molar-refractivity contribution < 1.29 is 4.74 Å². The van der Waals surface area contributed by atoms with Crippen molar-refractivity contribution in [3.63, 3.8) is 0 Å². The lowest BCUT2D eigenvalue weighted by Gasteiger charge is -2.34. The van der Waals surface area contributed by atoms with Gasteiger partial charge in [0.2, 0.25) is 0 Å². The number of aliphatic imine (C=N–C) groups is 1. The molecule has 1 saturated heterocycles. The first-order valence-corrected chi connectivity index (χ1v) is 10.9. The lowest BCUT2D eigenvalue weighted by molar-refractivity contribution is 0.0652. The third kappa shape index (κ3) is 8.59. The van der Waals surface area contributed by atoms with E-state index in [4.69, 9.17) is 4.74 Å². The Balaban J connectivity index is 1.60. The Bertz CT molecular complexity index is 543. The summed E-state index contributed by atoms with van der Waals surface area (Å²) in [6, 6.07) is 10.4. The summed E-state index contributed by atoms with van der Waals surface area (Å²) < 4.78 is 5.93. The molecule has 1 aliphatic rings. The fourth-order valence-corrected chi connectivity index (χ4v) is 3.34. The molecule has 2 rings (SSSR count). The highest BCUT2D eigenvalue weighted by Gasteiger charge is 2.14. The van der Waals surface area contributed by atoms with Gasteiger partial charge >= 0.3 is 0 Å². The molecule has 1 aromatic rings. The lowest BCUT2D eigenvalue weighted by Crippen LogP contribution is -2.49. The van der Waals surface area contributed by atoms with Crippen molar-refractivity contribution in [3.05, 3.63) is 35.9 Å². The largest absolute Gasteiger partial charge is 0.374 e. The van der Waals surface area contributed by atoms with Crippen LogP contribution in [0.15, 0.2) is 35.3 Å². The molecule has 0 amide bonds. The highest BCUT2D eigenvalue weighted by molar-refractivity contribution is 5.79. The van der Waals surface area contributed by atoms with Crippen molar-refractivity contribution in [1.82, 2.24) is 20.4 Å². The maximum Gasteiger partial charge on any atom is 0.191 e. The van der Waals surface area contributed by atoms with Gasteiger partial charge in [-0.05, 0) is 32.4 Å². The minimum absolute atomic E-state index is 0.129. The molecule has 1 unspecified atom stereocenters. The van der Waals surface area contributed by atoms with E-state index in [1.165, 1.54) is 31.7 Å². The van der Waals surface area contributed by atoms with E-state index in [0.717, 1.165) is 51.7 Å². The number of nitrogens with zero attached hydrogens (tertiary/aromatic N) is 3. The molecule has 0 aromatic heterocycles. The molecular weight excluding hydrogens is 350 g/mol. The molecule has 0 saturated carbocycles. The first-order chi connectivity index (χ1) is 13.7. The lowest BCUT2D eigenvalue weighted by atomic mass is 10.1. The predicted octanol–water partition coefficient (Wildman–Crippen LogP) is 2.35. The first kappa shape index (κ1) is 22.7. The van der Waals surface area contributed by atoms with E-state index in [9.17, 15) is 0 Å². The Morgan fingerprint density at radius 1 is 1.07 bits per heavy atom. The molecule has 1 aromatic carbocycles. The van der Waals surface area contributed by atoms with Crippen molar-refractivity contribution in [2.75, 3.05) is 65.5 Å². The quantitative estimate of drug-likeness (QED) is 0.346. The molecule has 0 aliphatic carbocycles. The van der Waals surface area contributed by atoms with Gasteiger partial charge in [0.25, 0.3) is 0 Å². The van der Waals surface area contributed by atoms with Gasteiger partial charge < -0.3 is 20.3 Å². The monoisotopic (exact) mass is 389 g/mol. The van der Waals surface area contributed by atoms with Crippen LogP contribution in [-0.4, -0.2) is 81.3 Å². The van der Waals surface area contributed by atoms with Crippen LogP contribution in [0.4, 0.5) is 0 Å². The maximum absolute atomic E-state index is 5.93. The number of benzene rings is 1. The summed E-state index contributed by atoms with van der Waals surface area (Å²) in [5.41, 5.74) is 1.22. The minimum atomic E-state index is 0.129. The SMILES string of the molecule is CCNC(=NCCCOC(C)c1ccccc1)NCCN1CCN(CC)CC1. The zero-order chi connectivity index (χ0) is 20.0. The van der Waals surface area contributed by atoms with E-state index in [1.807, 2.05) is 6.07 Å². The van der Waals surface area contributed by atoms with Crippen LogP contribution in [-0.2, 0) is 4.74 Å². The number of hydrogen-bond donors (Lipinski definition) is 2. The standard InChI is InChI=1S/C22H39N5O/c1-4-23-22(25-13-14-27-17-15-26(5-2)16-18-27)24-12-9-19-28-20(3)21-10-7-6-8-11-21/h6-8,10-11,20H,4-5,9,12-19H2,1-3H3,(H2,23,24,25). The fourth-order valence-electron chi connectivity index (χ4n) is 3.34. The first-order valence-electron chi connectivity index (χ1n) is 10.9. The summed E-state index contributed by atoms with van der Waals surface area (Å²) in [7, 11) is 0. The number of likely N-dealkylation sites (N-methyl/N-ethyl adjacent to an activating group) is 1. The van der Waals surface area contributed by atoms with Crippen LogP contribution in [0.25, 0.3) is 0 Å². The number of nitrogens with one attached hydrogen (secondary N) is 2. The number of rotatable bonds is 11. The van der Waals surface area contributed by atoms with Gasteiger partial charge in [0.05, 0.1) is 6.10 Å². The number of guanidine groups is 1. The molecule has 2 N–H and O–H groups in total. The van der Waals surface area contributed by atoms with Crippen molar-refractivity contribution in [2.24, 2.45) is 4.99 Å². The van der Waals surface area contributed by atoms with Gasteiger partial charge in [-0.2, -0.15) is 0 Å². The van der Waals surface area contributed by atoms with E-state index in [0.29, 0.717) is 0 Å². The average molecular weight is 390 g/mol. The van der Waals surface area contributed by atoms with Crippen molar-refractivity contribution in [1.29, 1.82) is 0 Å². The molecule has 158 valence electrons. The highest BCUT2D eigenvalue weighted by Crippen LogP contribution is 2.15. The number of ether oxygens (including phenoxy) is 1. The second-order valence-electron chi connectivity index (χ2n) is 7.24. The van der Waals surface area contributed by atoms with Gasteiger partial charge in [-0.15, -0.1) is 0 Å². The topological polar surface area (TPSA) is 52.1 Å². The van der Waals surface area contributed by atoms with Crippen LogP contribution in [0, 0.1) is 0 Å². The Morgan fingerprint density at radius 3 is 2.46 bits per heavy atom. The molecular formula is C22H39N5O. The maximum atomic E-state index is 5.93. The summed E-state index contributed by atoms with van der Waals surface area (Å²) in [5.74, 6) is 0.908. The molecule has 0 bridgehead atoms. The van der Waals surface area contributed by atoms with E-state index in [1.54, 1.807) is 0 Å². The Labute approximate surface area is 171 Å². The van der Waals surface area contributed by atoms with Crippen molar-refractivity contribution >= 4 is 5.96 Å². The molecule has 1 atom stereocenters. The number of hydrogen-bond acceptors (Lipinski definition) is 4. The van der Waals surface area contributed by atoms with Crippen molar-refractivity contribution in [3.8, 4) is 0 Å². The zero-order valence-corrected chi connectivity index (χ0v) is 18.0. The molecule has 1 heterocycles. The van der Waals surface area contributed by atoms with E-state index in [2.05, 4.69) is 70.5 Å². The third-order valence-corrected chi connectivity index (χ3v) is 5.19. The fraction of sp³-hybridized carbons (Fsp3) is 0.682. The van der Waals surface area contributed by atoms with Crippen LogP contribution >= 0.6 is 0 Å². The second-order valence-corrected chi connectivity index (χ2v) is 7.24. The minimum Gasteiger partial charge on any atom is -0.374 e. The van der Waals surface area contributed by atoms with Crippen LogP contribution in [0.1, 0.15) is 38.9 Å². The molecule has 6 nitrogen and oxygen atoms in total. The molecule has 6 heteroatoms. The van der Waals surface area contributed by atoms with Crippen molar-refractivity contribution in [2.45, 2.75) is 33.3 Å². The second kappa shape index (κ2) is 13.5. The number of piperazine rings is 1. The van der Waals surface area contributed by atoms with Crippen LogP contribution in [0.5, 0.6) is 0 Å². The van der Waals surface area contributed by atoms with Gasteiger partial charge in [-0.25, -0.2) is 0 Å². The average Bonchev–Trinajstić information content (AvgIpc) is 2.74. The summed E-state index contributed by atoms with van der Waals surface area (Å²) in [6.45, 7) is 16.7. The molecule has 0 radical (unpaired) electrons. The van der Waals surface area contributed by atoms with E-state index < -0.39 is 0 Å². The van der Waals surface area contributed by atoms with E-state index >= 15 is 0 Å². The molecule has 1 aliphatic heterocycles. The van der Waals surface area contributed by atoms with Crippen LogP contribution in [0.2, 0.25) is 0 Å². The summed E-state index contributed by atoms with van der Waals surface area (Å²) in [4.78, 5) is 9.72.